The number of nitrogens with one attached hydrogen (secondary N) is 2. The van der Waals surface area contributed by atoms with Crippen LogP contribution in [0.15, 0.2) is 48.8 Å². The molecule has 3 rings (SSSR count). The maximum Gasteiger partial charge on any atom is 0.287 e. The molecule has 1 amide bonds. The molecule has 1 atom stereocenters. The summed E-state index contributed by atoms with van der Waals surface area (Å²) in [4.78, 5) is 23.6. The first kappa shape index (κ1) is 15.7. The Morgan fingerprint density at radius 1 is 1.38 bits per heavy atom. The summed E-state index contributed by atoms with van der Waals surface area (Å²) in [6.07, 6.45) is 7.96. The van der Waals surface area contributed by atoms with Crippen molar-refractivity contribution in [2.24, 2.45) is 0 Å². The number of pyridine rings is 1. The van der Waals surface area contributed by atoms with Crippen LogP contribution in [-0.4, -0.2) is 26.9 Å². The number of H-pyrrole nitrogens is 1. The Labute approximate surface area is 139 Å². The number of imidazole rings is 1. The number of amides is 1. The zero-order chi connectivity index (χ0) is 16.9. The predicted molar refractivity (Wildman–Crippen MR) is 95.3 cm³/mol. The molecule has 0 bridgehead atoms. The fraction of sp³-hybridized carbons (Fsp3) is 0.167. The standard InChI is InChI=1S/C18H19N5O/c1-12(5-4-6-13-9-14(19)11-20-10-13)21-18(24)17-22-15-7-2-3-8-16(15)23-17/h2-4,6-12H,5,19H2,1H3,(H,21,24)(H,22,23)/b6-4+/t12-/m0/s1. The Morgan fingerprint density at radius 3 is 3.00 bits per heavy atom. The Hall–Kier alpha value is -3.15. The van der Waals surface area contributed by atoms with Gasteiger partial charge in [-0.1, -0.05) is 24.3 Å². The largest absolute Gasteiger partial charge is 0.397 e. The zero-order valence-electron chi connectivity index (χ0n) is 13.4. The second kappa shape index (κ2) is 6.95. The highest BCUT2D eigenvalue weighted by Gasteiger charge is 2.13. The van der Waals surface area contributed by atoms with E-state index in [9.17, 15) is 4.79 Å². The number of carbonyl (C=O) groups is 1. The summed E-state index contributed by atoms with van der Waals surface area (Å²) < 4.78 is 0. The lowest BCUT2D eigenvalue weighted by Gasteiger charge is -2.10. The van der Waals surface area contributed by atoms with Crippen LogP contribution in [0.2, 0.25) is 0 Å². The van der Waals surface area contributed by atoms with Crippen LogP contribution in [0, 0.1) is 0 Å². The van der Waals surface area contributed by atoms with Gasteiger partial charge in [-0.25, -0.2) is 4.98 Å². The maximum absolute atomic E-state index is 12.2. The van der Waals surface area contributed by atoms with Gasteiger partial charge >= 0.3 is 0 Å². The van der Waals surface area contributed by atoms with Crippen LogP contribution in [0.25, 0.3) is 17.1 Å². The molecule has 6 heteroatoms. The summed E-state index contributed by atoms with van der Waals surface area (Å²) in [6, 6.07) is 9.39. The molecule has 0 aliphatic heterocycles. The number of hydrogen-bond acceptors (Lipinski definition) is 4. The van der Waals surface area contributed by atoms with Crippen LogP contribution in [0.4, 0.5) is 5.69 Å². The highest BCUT2D eigenvalue weighted by molar-refractivity contribution is 5.94. The highest BCUT2D eigenvalue weighted by Crippen LogP contribution is 2.11. The van der Waals surface area contributed by atoms with Gasteiger partial charge in [0.1, 0.15) is 0 Å². The van der Waals surface area contributed by atoms with Gasteiger partial charge in [-0.3, -0.25) is 9.78 Å². The molecule has 0 aliphatic rings. The average molecular weight is 321 g/mol. The number of carbonyl (C=O) groups excluding carboxylic acids is 1. The molecule has 0 unspecified atom stereocenters. The van der Waals surface area contributed by atoms with Gasteiger partial charge in [0.15, 0.2) is 5.82 Å². The number of aromatic nitrogens is 3. The van der Waals surface area contributed by atoms with E-state index in [1.807, 2.05) is 49.4 Å². The van der Waals surface area contributed by atoms with E-state index in [4.69, 9.17) is 5.73 Å². The van der Waals surface area contributed by atoms with Gasteiger partial charge in [0.05, 0.1) is 16.7 Å². The molecule has 0 saturated carbocycles. The third-order valence-corrected chi connectivity index (χ3v) is 3.56. The molecule has 0 fully saturated rings. The molecule has 0 spiro atoms. The first-order valence-electron chi connectivity index (χ1n) is 7.74. The molecular weight excluding hydrogens is 302 g/mol. The quantitative estimate of drug-likeness (QED) is 0.673. The van der Waals surface area contributed by atoms with Gasteiger partial charge in [0.25, 0.3) is 5.91 Å². The lowest BCUT2D eigenvalue weighted by Crippen LogP contribution is -2.32. The van der Waals surface area contributed by atoms with Gasteiger partial charge in [-0.15, -0.1) is 0 Å². The second-order valence-electron chi connectivity index (χ2n) is 5.67. The fourth-order valence-electron chi connectivity index (χ4n) is 2.39. The van der Waals surface area contributed by atoms with Gasteiger partial charge < -0.3 is 16.0 Å². The first-order valence-corrected chi connectivity index (χ1v) is 7.74. The van der Waals surface area contributed by atoms with Crippen molar-refractivity contribution in [3.05, 3.63) is 60.2 Å². The van der Waals surface area contributed by atoms with Crippen LogP contribution in [-0.2, 0) is 0 Å². The van der Waals surface area contributed by atoms with Crippen molar-refractivity contribution in [1.29, 1.82) is 0 Å². The summed E-state index contributed by atoms with van der Waals surface area (Å²) in [7, 11) is 0. The van der Waals surface area contributed by atoms with E-state index >= 15 is 0 Å². The van der Waals surface area contributed by atoms with E-state index in [2.05, 4.69) is 20.3 Å². The number of benzene rings is 1. The minimum Gasteiger partial charge on any atom is -0.397 e. The molecule has 6 nitrogen and oxygen atoms in total. The second-order valence-corrected chi connectivity index (χ2v) is 5.67. The summed E-state index contributed by atoms with van der Waals surface area (Å²) in [6.45, 7) is 1.95. The summed E-state index contributed by atoms with van der Waals surface area (Å²) >= 11 is 0. The molecule has 1 aromatic carbocycles. The molecule has 3 aromatic rings. The van der Waals surface area contributed by atoms with Crippen LogP contribution in [0.5, 0.6) is 0 Å². The molecule has 24 heavy (non-hydrogen) atoms. The molecule has 2 aromatic heterocycles. The third-order valence-electron chi connectivity index (χ3n) is 3.56. The van der Waals surface area contributed by atoms with E-state index in [-0.39, 0.29) is 11.9 Å². The van der Waals surface area contributed by atoms with Gasteiger partial charge in [-0.05, 0) is 37.1 Å². The lowest BCUT2D eigenvalue weighted by molar-refractivity contribution is 0.0931. The number of nitrogens with zero attached hydrogens (tertiary/aromatic N) is 2. The minimum absolute atomic E-state index is 0.0176. The number of rotatable bonds is 5. The summed E-state index contributed by atoms with van der Waals surface area (Å²) in [5, 5.41) is 2.93. The van der Waals surface area contributed by atoms with Crippen LogP contribution in [0.1, 0.15) is 29.5 Å². The summed E-state index contributed by atoms with van der Waals surface area (Å²) in [5.41, 5.74) is 8.89. The molecule has 0 aliphatic carbocycles. The Balaban J connectivity index is 1.58. The van der Waals surface area contributed by atoms with E-state index in [1.54, 1.807) is 12.4 Å². The fourth-order valence-corrected chi connectivity index (χ4v) is 2.39. The van der Waals surface area contributed by atoms with Crippen LogP contribution >= 0.6 is 0 Å². The molecule has 2 heterocycles. The summed E-state index contributed by atoms with van der Waals surface area (Å²) in [5.74, 6) is 0.116. The third kappa shape index (κ3) is 3.78. The average Bonchev–Trinajstić information content (AvgIpc) is 2.99. The molecule has 122 valence electrons. The Morgan fingerprint density at radius 2 is 2.21 bits per heavy atom. The number of fused-ring (bicyclic) bond motifs is 1. The van der Waals surface area contributed by atoms with Gasteiger partial charge in [0.2, 0.25) is 0 Å². The number of hydrogen-bond donors (Lipinski definition) is 3. The topological polar surface area (TPSA) is 96.7 Å². The number of para-hydroxylation sites is 2. The number of nitrogens with two attached hydrogens (primary N) is 1. The zero-order valence-corrected chi connectivity index (χ0v) is 13.4. The Kier molecular flexibility index (Phi) is 4.56. The van der Waals surface area contributed by atoms with Gasteiger partial charge in [-0.2, -0.15) is 0 Å². The lowest BCUT2D eigenvalue weighted by atomic mass is 10.2. The van der Waals surface area contributed by atoms with E-state index in [0.717, 1.165) is 16.6 Å². The van der Waals surface area contributed by atoms with Crippen molar-refractivity contribution in [2.45, 2.75) is 19.4 Å². The van der Waals surface area contributed by atoms with E-state index in [0.29, 0.717) is 17.9 Å². The number of aromatic amines is 1. The Bertz CT molecular complexity index is 851. The van der Waals surface area contributed by atoms with Crippen molar-refractivity contribution >= 4 is 28.7 Å². The highest BCUT2D eigenvalue weighted by atomic mass is 16.2. The van der Waals surface area contributed by atoms with Gasteiger partial charge in [0, 0.05) is 18.4 Å². The normalized spacial score (nSPS) is 12.5. The van der Waals surface area contributed by atoms with E-state index in [1.165, 1.54) is 0 Å². The maximum atomic E-state index is 12.2. The minimum atomic E-state index is -0.210. The van der Waals surface area contributed by atoms with Crippen LogP contribution in [0.3, 0.4) is 0 Å². The molecular formula is C18H19N5O. The van der Waals surface area contributed by atoms with Crippen molar-refractivity contribution in [3.8, 4) is 0 Å². The number of nitrogen functional groups attached to an aromatic ring is 1. The van der Waals surface area contributed by atoms with Crippen molar-refractivity contribution in [3.63, 3.8) is 0 Å². The molecule has 0 saturated heterocycles. The molecule has 4 N–H and O–H groups in total. The predicted octanol–water partition coefficient (Wildman–Crippen LogP) is 2.76. The van der Waals surface area contributed by atoms with E-state index < -0.39 is 0 Å². The van der Waals surface area contributed by atoms with Crippen molar-refractivity contribution in [2.75, 3.05) is 5.73 Å². The van der Waals surface area contributed by atoms with Crippen LogP contribution < -0.4 is 11.1 Å². The smallest absolute Gasteiger partial charge is 0.287 e. The SMILES string of the molecule is C[C@@H](C/C=C/c1cncc(N)c1)NC(=O)c1nc2ccccc2[nH]1. The van der Waals surface area contributed by atoms with Crippen molar-refractivity contribution < 1.29 is 4.79 Å². The first-order chi connectivity index (χ1) is 11.6. The molecule has 0 radical (unpaired) electrons. The number of anilines is 1. The van der Waals surface area contributed by atoms with Crippen molar-refractivity contribution in [1.82, 2.24) is 20.3 Å². The monoisotopic (exact) mass is 321 g/mol.